The third-order valence-electron chi connectivity index (χ3n) is 3.08. The van der Waals surface area contributed by atoms with Crippen molar-refractivity contribution < 1.29 is 14.0 Å². The van der Waals surface area contributed by atoms with E-state index in [2.05, 4.69) is 5.32 Å². The minimum Gasteiger partial charge on any atom is -0.422 e. The van der Waals surface area contributed by atoms with E-state index < -0.39 is 17.4 Å². The molecular formula is C14H10N2O4. The normalized spacial score (nSPS) is 17.7. The summed E-state index contributed by atoms with van der Waals surface area (Å²) in [5.41, 5.74) is 5.92. The number of rotatable bonds is 0. The van der Waals surface area contributed by atoms with Gasteiger partial charge in [0.1, 0.15) is 11.1 Å². The number of nitrogens with one attached hydrogen (secondary N) is 1. The molecule has 0 fully saturated rings. The van der Waals surface area contributed by atoms with Gasteiger partial charge in [0.15, 0.2) is 0 Å². The van der Waals surface area contributed by atoms with Gasteiger partial charge in [-0.3, -0.25) is 14.9 Å². The monoisotopic (exact) mass is 270 g/mol. The fourth-order valence-electron chi connectivity index (χ4n) is 2.26. The second-order valence-electron chi connectivity index (χ2n) is 4.45. The number of fused-ring (bicyclic) bond motifs is 3. The Morgan fingerprint density at radius 1 is 1.15 bits per heavy atom. The van der Waals surface area contributed by atoms with Gasteiger partial charge in [-0.1, -0.05) is 18.2 Å². The first-order valence-corrected chi connectivity index (χ1v) is 5.92. The SMILES string of the molecule is N/C1=C/C(=O)NC(=O)c2c(c3ccccc3oc2=O)C1. The first-order valence-electron chi connectivity index (χ1n) is 5.92. The van der Waals surface area contributed by atoms with Crippen molar-refractivity contribution in [1.82, 2.24) is 5.32 Å². The molecule has 1 aromatic heterocycles. The van der Waals surface area contributed by atoms with Crippen molar-refractivity contribution in [2.24, 2.45) is 5.73 Å². The van der Waals surface area contributed by atoms with Crippen molar-refractivity contribution in [3.63, 3.8) is 0 Å². The van der Waals surface area contributed by atoms with Crippen LogP contribution in [0.4, 0.5) is 0 Å². The van der Waals surface area contributed by atoms with Gasteiger partial charge >= 0.3 is 5.63 Å². The van der Waals surface area contributed by atoms with Crippen LogP contribution in [0.25, 0.3) is 11.0 Å². The lowest BCUT2D eigenvalue weighted by Gasteiger charge is -2.13. The minimum atomic E-state index is -0.779. The maximum Gasteiger partial charge on any atom is 0.349 e. The summed E-state index contributed by atoms with van der Waals surface area (Å²) in [6.45, 7) is 0. The van der Waals surface area contributed by atoms with Crippen LogP contribution in [0.1, 0.15) is 15.9 Å². The highest BCUT2D eigenvalue weighted by atomic mass is 16.4. The summed E-state index contributed by atoms with van der Waals surface area (Å²) in [7, 11) is 0. The number of benzene rings is 1. The summed E-state index contributed by atoms with van der Waals surface area (Å²) < 4.78 is 5.11. The van der Waals surface area contributed by atoms with Crippen LogP contribution >= 0.6 is 0 Å². The smallest absolute Gasteiger partial charge is 0.349 e. The van der Waals surface area contributed by atoms with E-state index in [9.17, 15) is 14.4 Å². The van der Waals surface area contributed by atoms with Crippen LogP contribution in [0.2, 0.25) is 0 Å². The van der Waals surface area contributed by atoms with E-state index in [1.165, 1.54) is 0 Å². The molecule has 0 spiro atoms. The maximum atomic E-state index is 12.0. The molecule has 0 saturated carbocycles. The van der Waals surface area contributed by atoms with E-state index >= 15 is 0 Å². The summed E-state index contributed by atoms with van der Waals surface area (Å²) in [5, 5.41) is 2.71. The minimum absolute atomic E-state index is 0.139. The van der Waals surface area contributed by atoms with Gasteiger partial charge in [0, 0.05) is 23.6 Å². The molecule has 0 bridgehead atoms. The van der Waals surface area contributed by atoms with Gasteiger partial charge in [-0.05, 0) is 11.6 Å². The molecule has 1 aliphatic rings. The molecule has 6 nitrogen and oxygen atoms in total. The molecule has 0 saturated heterocycles. The van der Waals surface area contributed by atoms with Gasteiger partial charge in [0.25, 0.3) is 11.8 Å². The predicted molar refractivity (Wildman–Crippen MR) is 70.9 cm³/mol. The Labute approximate surface area is 112 Å². The zero-order chi connectivity index (χ0) is 14.3. The summed E-state index contributed by atoms with van der Waals surface area (Å²) in [4.78, 5) is 35.4. The van der Waals surface area contributed by atoms with Gasteiger partial charge in [0.05, 0.1) is 0 Å². The van der Waals surface area contributed by atoms with Crippen LogP contribution in [-0.2, 0) is 11.2 Å². The molecule has 2 heterocycles. The average Bonchev–Trinajstić information content (AvgIpc) is 2.36. The Balaban J connectivity index is 2.39. The fraction of sp³-hybridized carbons (Fsp3) is 0.0714. The Morgan fingerprint density at radius 2 is 1.90 bits per heavy atom. The Hall–Kier alpha value is -2.89. The zero-order valence-corrected chi connectivity index (χ0v) is 10.3. The number of allylic oxidation sites excluding steroid dienone is 1. The Kier molecular flexibility index (Phi) is 2.64. The second-order valence-corrected chi connectivity index (χ2v) is 4.45. The molecule has 2 aromatic rings. The highest BCUT2D eigenvalue weighted by Gasteiger charge is 2.24. The number of imide groups is 1. The number of carbonyl (C=O) groups excluding carboxylic acids is 2. The fourth-order valence-corrected chi connectivity index (χ4v) is 2.26. The highest BCUT2D eigenvalue weighted by Crippen LogP contribution is 2.22. The van der Waals surface area contributed by atoms with Gasteiger partial charge in [-0.2, -0.15) is 0 Å². The molecule has 2 amide bonds. The number of nitrogens with two attached hydrogens (primary N) is 1. The van der Waals surface area contributed by atoms with E-state index in [-0.39, 0.29) is 17.7 Å². The molecule has 0 aliphatic carbocycles. The van der Waals surface area contributed by atoms with Crippen molar-refractivity contribution in [1.29, 1.82) is 0 Å². The number of hydrogen-bond donors (Lipinski definition) is 2. The average molecular weight is 270 g/mol. The Morgan fingerprint density at radius 3 is 2.70 bits per heavy atom. The van der Waals surface area contributed by atoms with Crippen LogP contribution in [0, 0.1) is 0 Å². The van der Waals surface area contributed by atoms with E-state index in [0.29, 0.717) is 16.5 Å². The van der Waals surface area contributed by atoms with Gasteiger partial charge in [0.2, 0.25) is 0 Å². The molecule has 100 valence electrons. The Bertz CT molecular complexity index is 833. The molecule has 6 heteroatoms. The predicted octanol–water partition coefficient (Wildman–Crippen LogP) is 0.448. The number of para-hydroxylation sites is 1. The molecule has 0 radical (unpaired) electrons. The summed E-state index contributed by atoms with van der Waals surface area (Å²) in [5.74, 6) is -1.42. The number of carbonyl (C=O) groups is 2. The standard InChI is InChI=1S/C14H10N2O4/c15-7-5-9-8-3-1-2-4-10(8)20-14(19)12(9)13(18)16-11(17)6-7/h1-4,6H,5,15H2,(H,16,17,18)/b7-6+. The van der Waals surface area contributed by atoms with Gasteiger partial charge in [-0.25, -0.2) is 4.79 Å². The molecule has 1 aliphatic heterocycles. The van der Waals surface area contributed by atoms with Crippen molar-refractivity contribution in [2.75, 3.05) is 0 Å². The lowest BCUT2D eigenvalue weighted by molar-refractivity contribution is -0.115. The number of hydrogen-bond acceptors (Lipinski definition) is 5. The molecule has 3 rings (SSSR count). The summed E-state index contributed by atoms with van der Waals surface area (Å²) in [6.07, 6.45) is 1.28. The first kappa shape index (κ1) is 12.2. The summed E-state index contributed by atoms with van der Waals surface area (Å²) >= 11 is 0. The van der Waals surface area contributed by atoms with Crippen LogP contribution in [0.3, 0.4) is 0 Å². The van der Waals surface area contributed by atoms with Crippen molar-refractivity contribution >= 4 is 22.8 Å². The lowest BCUT2D eigenvalue weighted by atomic mass is 9.98. The molecule has 0 unspecified atom stereocenters. The largest absolute Gasteiger partial charge is 0.422 e. The topological polar surface area (TPSA) is 102 Å². The first-order chi connectivity index (χ1) is 9.56. The van der Waals surface area contributed by atoms with Gasteiger partial charge < -0.3 is 10.2 Å². The van der Waals surface area contributed by atoms with E-state index in [1.807, 2.05) is 0 Å². The quantitative estimate of drug-likeness (QED) is 0.534. The molecule has 0 atom stereocenters. The van der Waals surface area contributed by atoms with Gasteiger partial charge in [-0.15, -0.1) is 0 Å². The van der Waals surface area contributed by atoms with Crippen LogP contribution in [0.15, 0.2) is 45.3 Å². The summed E-state index contributed by atoms with van der Waals surface area (Å²) in [6, 6.07) is 6.87. The lowest BCUT2D eigenvalue weighted by Crippen LogP contribution is -2.36. The van der Waals surface area contributed by atoms with E-state index in [4.69, 9.17) is 10.2 Å². The van der Waals surface area contributed by atoms with Crippen LogP contribution in [0.5, 0.6) is 0 Å². The van der Waals surface area contributed by atoms with Crippen LogP contribution in [-0.4, -0.2) is 11.8 Å². The van der Waals surface area contributed by atoms with Crippen molar-refractivity contribution in [3.8, 4) is 0 Å². The molecule has 3 N–H and O–H groups in total. The number of amides is 2. The van der Waals surface area contributed by atoms with Crippen LogP contribution < -0.4 is 16.7 Å². The molecule has 20 heavy (non-hydrogen) atoms. The third-order valence-corrected chi connectivity index (χ3v) is 3.08. The third kappa shape index (κ3) is 1.87. The van der Waals surface area contributed by atoms with E-state index in [1.54, 1.807) is 24.3 Å². The zero-order valence-electron chi connectivity index (χ0n) is 10.3. The molecule has 1 aromatic carbocycles. The van der Waals surface area contributed by atoms with Crippen molar-refractivity contribution in [3.05, 3.63) is 57.6 Å². The maximum absolute atomic E-state index is 12.0. The molecular weight excluding hydrogens is 260 g/mol. The highest BCUT2D eigenvalue weighted by molar-refractivity contribution is 6.10. The second kappa shape index (κ2) is 4.34. The van der Waals surface area contributed by atoms with Crippen molar-refractivity contribution in [2.45, 2.75) is 6.42 Å². The van der Waals surface area contributed by atoms with E-state index in [0.717, 1.165) is 6.08 Å².